The van der Waals surface area contributed by atoms with Crippen molar-refractivity contribution in [1.29, 1.82) is 0 Å². The Morgan fingerprint density at radius 2 is 1.82 bits per heavy atom. The molecule has 0 unspecified atom stereocenters. The highest BCUT2D eigenvalue weighted by molar-refractivity contribution is 6.30. The zero-order valence-electron chi connectivity index (χ0n) is 15.7. The average Bonchev–Trinajstić information content (AvgIpc) is 2.71. The molecule has 0 saturated heterocycles. The van der Waals surface area contributed by atoms with Crippen LogP contribution in [0.1, 0.15) is 11.1 Å². The fourth-order valence-corrected chi connectivity index (χ4v) is 2.49. The number of amides is 1. The maximum absolute atomic E-state index is 11.8. The van der Waals surface area contributed by atoms with Crippen LogP contribution < -0.4 is 14.8 Å². The fourth-order valence-electron chi connectivity index (χ4n) is 2.36. The summed E-state index contributed by atoms with van der Waals surface area (Å²) in [5, 5.41) is 3.36. The van der Waals surface area contributed by atoms with Gasteiger partial charge in [0, 0.05) is 23.2 Å². The van der Waals surface area contributed by atoms with E-state index in [2.05, 4.69) is 5.32 Å². The van der Waals surface area contributed by atoms with Gasteiger partial charge in [0.15, 0.2) is 6.61 Å². The molecule has 28 heavy (non-hydrogen) atoms. The van der Waals surface area contributed by atoms with Gasteiger partial charge < -0.3 is 19.5 Å². The van der Waals surface area contributed by atoms with Crippen molar-refractivity contribution < 1.29 is 23.8 Å². The molecule has 0 saturated carbocycles. The molecule has 0 radical (unpaired) electrons. The van der Waals surface area contributed by atoms with Gasteiger partial charge in [-0.15, -0.1) is 0 Å². The lowest BCUT2D eigenvalue weighted by Crippen LogP contribution is -2.30. The highest BCUT2D eigenvalue weighted by Crippen LogP contribution is 2.25. The second-order valence-corrected chi connectivity index (χ2v) is 6.21. The zero-order chi connectivity index (χ0) is 20.4. The Kier molecular flexibility index (Phi) is 8.37. The first-order valence-corrected chi connectivity index (χ1v) is 8.97. The van der Waals surface area contributed by atoms with E-state index in [9.17, 15) is 9.59 Å². The molecule has 2 rings (SSSR count). The molecule has 148 valence electrons. The molecular formula is C21H22ClNO5. The summed E-state index contributed by atoms with van der Waals surface area (Å²) in [6, 6.07) is 12.6. The summed E-state index contributed by atoms with van der Waals surface area (Å²) in [6.07, 6.45) is 3.44. The number of benzene rings is 2. The molecular weight excluding hydrogens is 382 g/mol. The average molecular weight is 404 g/mol. The molecule has 0 bridgehead atoms. The number of hydrogen-bond donors (Lipinski definition) is 1. The lowest BCUT2D eigenvalue weighted by atomic mass is 10.1. The molecule has 1 N–H and O–H groups in total. The first kappa shape index (κ1) is 21.3. The van der Waals surface area contributed by atoms with Crippen LogP contribution in [0.25, 0.3) is 6.08 Å². The fraction of sp³-hybridized carbons (Fsp3) is 0.238. The van der Waals surface area contributed by atoms with E-state index in [1.165, 1.54) is 13.2 Å². The van der Waals surface area contributed by atoms with Crippen LogP contribution in [0.3, 0.4) is 0 Å². The van der Waals surface area contributed by atoms with Gasteiger partial charge in [0.25, 0.3) is 5.91 Å². The molecule has 0 aliphatic rings. The Hall–Kier alpha value is -2.99. The monoisotopic (exact) mass is 403 g/mol. The van der Waals surface area contributed by atoms with Gasteiger partial charge >= 0.3 is 5.97 Å². The van der Waals surface area contributed by atoms with Crippen molar-refractivity contribution in [3.8, 4) is 11.5 Å². The number of nitrogens with one attached hydrogen (secondary N) is 1. The largest absolute Gasteiger partial charge is 0.497 e. The molecule has 0 heterocycles. The quantitative estimate of drug-likeness (QED) is 0.513. The molecule has 2 aromatic rings. The van der Waals surface area contributed by atoms with Crippen LogP contribution in [0.5, 0.6) is 11.5 Å². The third kappa shape index (κ3) is 6.96. The predicted octanol–water partition coefficient (Wildman–Crippen LogP) is 3.27. The van der Waals surface area contributed by atoms with Crippen molar-refractivity contribution in [2.75, 3.05) is 27.4 Å². The van der Waals surface area contributed by atoms with Crippen LogP contribution in [0, 0.1) is 0 Å². The summed E-state index contributed by atoms with van der Waals surface area (Å²) in [6.45, 7) is 0.0912. The normalized spacial score (nSPS) is 10.5. The zero-order valence-corrected chi connectivity index (χ0v) is 16.5. The maximum Gasteiger partial charge on any atom is 0.331 e. The minimum Gasteiger partial charge on any atom is -0.497 e. The minimum absolute atomic E-state index is 0.348. The summed E-state index contributed by atoms with van der Waals surface area (Å²) >= 11 is 5.83. The molecule has 2 aromatic carbocycles. The standard InChI is InChI=1S/C21H22ClNO5/c1-26-18-8-9-19(27-2)16(13-18)5-10-21(25)28-14-20(24)23-12-11-15-3-6-17(22)7-4-15/h3-10,13H,11-12,14H2,1-2H3,(H,23,24)/b10-5+. The van der Waals surface area contributed by atoms with Crippen molar-refractivity contribution in [2.45, 2.75) is 6.42 Å². The number of carbonyl (C=O) groups is 2. The highest BCUT2D eigenvalue weighted by Gasteiger charge is 2.06. The highest BCUT2D eigenvalue weighted by atomic mass is 35.5. The summed E-state index contributed by atoms with van der Waals surface area (Å²) in [7, 11) is 3.08. The van der Waals surface area contributed by atoms with Crippen LogP contribution in [0.15, 0.2) is 48.5 Å². The van der Waals surface area contributed by atoms with E-state index < -0.39 is 5.97 Å². The first-order valence-electron chi connectivity index (χ1n) is 8.60. The van der Waals surface area contributed by atoms with Crippen molar-refractivity contribution in [1.82, 2.24) is 5.32 Å². The van der Waals surface area contributed by atoms with Crippen molar-refractivity contribution >= 4 is 29.6 Å². The van der Waals surface area contributed by atoms with Gasteiger partial charge in [-0.1, -0.05) is 23.7 Å². The first-order chi connectivity index (χ1) is 13.5. The number of ether oxygens (including phenoxy) is 3. The molecule has 7 heteroatoms. The summed E-state index contributed by atoms with van der Waals surface area (Å²) in [4.78, 5) is 23.6. The molecule has 0 atom stereocenters. The lowest BCUT2D eigenvalue weighted by molar-refractivity contribution is -0.143. The molecule has 0 aliphatic carbocycles. The van der Waals surface area contributed by atoms with Gasteiger partial charge in [-0.2, -0.15) is 0 Å². The second kappa shape index (κ2) is 11.0. The van der Waals surface area contributed by atoms with E-state index in [-0.39, 0.29) is 12.5 Å². The third-order valence-electron chi connectivity index (χ3n) is 3.83. The molecule has 0 fully saturated rings. The summed E-state index contributed by atoms with van der Waals surface area (Å²) in [5.74, 6) is 0.228. The van der Waals surface area contributed by atoms with Gasteiger partial charge in [-0.25, -0.2) is 4.79 Å². The minimum atomic E-state index is -0.627. The number of rotatable bonds is 9. The Balaban J connectivity index is 1.76. The Morgan fingerprint density at radius 3 is 2.50 bits per heavy atom. The Morgan fingerprint density at radius 1 is 1.07 bits per heavy atom. The van der Waals surface area contributed by atoms with E-state index in [1.54, 1.807) is 43.5 Å². The van der Waals surface area contributed by atoms with Crippen LogP contribution in [0.4, 0.5) is 0 Å². The van der Waals surface area contributed by atoms with E-state index in [0.29, 0.717) is 35.1 Å². The second-order valence-electron chi connectivity index (χ2n) is 5.78. The van der Waals surface area contributed by atoms with E-state index in [0.717, 1.165) is 5.56 Å². The summed E-state index contributed by atoms with van der Waals surface area (Å²) < 4.78 is 15.3. The molecule has 0 aliphatic heterocycles. The van der Waals surface area contributed by atoms with Crippen molar-refractivity contribution in [2.24, 2.45) is 0 Å². The smallest absolute Gasteiger partial charge is 0.331 e. The van der Waals surface area contributed by atoms with Crippen LogP contribution >= 0.6 is 11.6 Å². The van der Waals surface area contributed by atoms with E-state index in [1.807, 2.05) is 12.1 Å². The maximum atomic E-state index is 11.8. The number of halogens is 1. The van der Waals surface area contributed by atoms with Crippen molar-refractivity contribution in [3.63, 3.8) is 0 Å². The SMILES string of the molecule is COc1ccc(OC)c(/C=C/C(=O)OCC(=O)NCCc2ccc(Cl)cc2)c1. The molecule has 0 aromatic heterocycles. The van der Waals surface area contributed by atoms with Gasteiger partial charge in [0.2, 0.25) is 0 Å². The lowest BCUT2D eigenvalue weighted by Gasteiger charge is -2.07. The summed E-state index contributed by atoms with van der Waals surface area (Å²) in [5.41, 5.74) is 1.71. The number of hydrogen-bond acceptors (Lipinski definition) is 5. The molecule has 1 amide bonds. The predicted molar refractivity (Wildman–Crippen MR) is 108 cm³/mol. The number of methoxy groups -OCH3 is 2. The van der Waals surface area contributed by atoms with Crippen molar-refractivity contribution in [3.05, 3.63) is 64.7 Å². The number of esters is 1. The Labute approximate surface area is 169 Å². The van der Waals surface area contributed by atoms with Gasteiger partial charge in [-0.05, 0) is 48.4 Å². The molecule has 6 nitrogen and oxygen atoms in total. The van der Waals surface area contributed by atoms with Crippen LogP contribution in [-0.4, -0.2) is 39.2 Å². The number of carbonyl (C=O) groups excluding carboxylic acids is 2. The molecule has 0 spiro atoms. The van der Waals surface area contributed by atoms with Crippen LogP contribution in [-0.2, 0) is 20.7 Å². The third-order valence-corrected chi connectivity index (χ3v) is 4.08. The van der Waals surface area contributed by atoms with Gasteiger partial charge in [0.05, 0.1) is 14.2 Å². The topological polar surface area (TPSA) is 73.9 Å². The van der Waals surface area contributed by atoms with E-state index in [4.69, 9.17) is 25.8 Å². The van der Waals surface area contributed by atoms with Crippen LogP contribution in [0.2, 0.25) is 5.02 Å². The van der Waals surface area contributed by atoms with Gasteiger partial charge in [0.1, 0.15) is 11.5 Å². The van der Waals surface area contributed by atoms with Gasteiger partial charge in [-0.3, -0.25) is 4.79 Å². The van der Waals surface area contributed by atoms with E-state index >= 15 is 0 Å². The Bertz CT molecular complexity index is 833.